The SMILES string of the molecule is Cn1cc(N2C=CC=C(Cc3cccc(-c4ncc(-c5ccn[nH]5)cn4)c3)N2)cn1. The van der Waals surface area contributed by atoms with Gasteiger partial charge in [0.05, 0.1) is 18.1 Å². The Kier molecular flexibility index (Phi) is 4.57. The summed E-state index contributed by atoms with van der Waals surface area (Å²) in [6, 6.07) is 10.2. The Balaban J connectivity index is 1.31. The van der Waals surface area contributed by atoms with Crippen LogP contribution in [-0.4, -0.2) is 29.9 Å². The molecule has 8 heteroatoms. The van der Waals surface area contributed by atoms with E-state index < -0.39 is 0 Å². The van der Waals surface area contributed by atoms with E-state index in [4.69, 9.17) is 0 Å². The Labute approximate surface area is 173 Å². The Morgan fingerprint density at radius 3 is 2.70 bits per heavy atom. The van der Waals surface area contributed by atoms with Gasteiger partial charge in [0.25, 0.3) is 0 Å². The lowest BCUT2D eigenvalue weighted by Gasteiger charge is -2.25. The van der Waals surface area contributed by atoms with Gasteiger partial charge >= 0.3 is 0 Å². The van der Waals surface area contributed by atoms with E-state index in [1.165, 1.54) is 5.56 Å². The maximum atomic E-state index is 4.53. The molecule has 1 aromatic carbocycles. The molecular formula is C22H20N8. The van der Waals surface area contributed by atoms with Gasteiger partial charge in [-0.05, 0) is 29.8 Å². The molecule has 0 aliphatic carbocycles. The first kappa shape index (κ1) is 17.9. The zero-order chi connectivity index (χ0) is 20.3. The Hall–Kier alpha value is -4.20. The van der Waals surface area contributed by atoms with Gasteiger partial charge in [-0.3, -0.25) is 20.2 Å². The van der Waals surface area contributed by atoms with Crippen molar-refractivity contribution in [3.63, 3.8) is 0 Å². The topological polar surface area (TPSA) is 87.5 Å². The van der Waals surface area contributed by atoms with Gasteiger partial charge in [-0.2, -0.15) is 10.2 Å². The van der Waals surface area contributed by atoms with E-state index in [1.807, 2.05) is 67.3 Å². The summed E-state index contributed by atoms with van der Waals surface area (Å²) < 4.78 is 1.78. The van der Waals surface area contributed by atoms with E-state index in [2.05, 4.69) is 48.9 Å². The van der Waals surface area contributed by atoms with E-state index in [-0.39, 0.29) is 0 Å². The molecule has 3 aromatic heterocycles. The lowest BCUT2D eigenvalue weighted by atomic mass is 10.1. The molecule has 0 atom stereocenters. The molecule has 0 unspecified atom stereocenters. The van der Waals surface area contributed by atoms with Crippen LogP contribution in [0.25, 0.3) is 22.6 Å². The van der Waals surface area contributed by atoms with E-state index in [1.54, 1.807) is 10.9 Å². The molecule has 0 saturated heterocycles. The second-order valence-electron chi connectivity index (χ2n) is 7.03. The maximum absolute atomic E-state index is 4.53. The molecule has 0 spiro atoms. The van der Waals surface area contributed by atoms with Crippen LogP contribution in [-0.2, 0) is 13.5 Å². The molecule has 0 radical (unpaired) electrons. The molecule has 4 heterocycles. The highest BCUT2D eigenvalue weighted by atomic mass is 15.5. The molecule has 148 valence electrons. The normalized spacial score (nSPS) is 13.2. The predicted octanol–water partition coefficient (Wildman–Crippen LogP) is 3.23. The van der Waals surface area contributed by atoms with Crippen LogP contribution in [0.1, 0.15) is 5.56 Å². The van der Waals surface area contributed by atoms with Crippen molar-refractivity contribution in [2.75, 3.05) is 5.01 Å². The minimum Gasteiger partial charge on any atom is -0.298 e. The standard InChI is InChI=1S/C22H20N8/c1-29-15-20(14-26-29)30-9-3-6-19(28-30)11-16-4-2-5-17(10-16)22-23-12-18(13-24-22)21-7-8-25-27-21/h2-10,12-15,28H,11H2,1H3,(H,25,27). The lowest BCUT2D eigenvalue weighted by Crippen LogP contribution is -2.34. The third kappa shape index (κ3) is 3.70. The number of rotatable bonds is 5. The third-order valence-corrected chi connectivity index (χ3v) is 4.81. The molecule has 1 aliphatic rings. The van der Waals surface area contributed by atoms with Crippen molar-refractivity contribution in [1.82, 2.24) is 35.4 Å². The van der Waals surface area contributed by atoms with Gasteiger partial charge in [0.1, 0.15) is 5.69 Å². The molecule has 0 bridgehead atoms. The number of hydrazine groups is 1. The van der Waals surface area contributed by atoms with Crippen molar-refractivity contribution in [2.45, 2.75) is 6.42 Å². The van der Waals surface area contributed by atoms with Crippen LogP contribution < -0.4 is 10.4 Å². The fraction of sp³-hybridized carbons (Fsp3) is 0.0909. The third-order valence-electron chi connectivity index (χ3n) is 4.81. The molecule has 0 fully saturated rings. The first-order chi connectivity index (χ1) is 14.7. The van der Waals surface area contributed by atoms with E-state index in [0.29, 0.717) is 5.82 Å². The number of nitrogens with one attached hydrogen (secondary N) is 2. The molecule has 0 saturated carbocycles. The first-order valence-electron chi connectivity index (χ1n) is 9.57. The van der Waals surface area contributed by atoms with Crippen molar-refractivity contribution in [3.8, 4) is 22.6 Å². The highest BCUT2D eigenvalue weighted by Crippen LogP contribution is 2.21. The molecule has 4 aromatic rings. The van der Waals surface area contributed by atoms with Crippen LogP contribution in [0.4, 0.5) is 5.69 Å². The fourth-order valence-electron chi connectivity index (χ4n) is 3.33. The molecule has 0 amide bonds. The number of aryl methyl sites for hydroxylation is 1. The number of aromatic amines is 1. The zero-order valence-corrected chi connectivity index (χ0v) is 16.4. The number of hydrogen-bond donors (Lipinski definition) is 2. The summed E-state index contributed by atoms with van der Waals surface area (Å²) in [4.78, 5) is 9.06. The predicted molar refractivity (Wildman–Crippen MR) is 115 cm³/mol. The minimum absolute atomic E-state index is 0.697. The lowest BCUT2D eigenvalue weighted by molar-refractivity contribution is 0.762. The van der Waals surface area contributed by atoms with Crippen LogP contribution in [0, 0.1) is 0 Å². The van der Waals surface area contributed by atoms with Crippen molar-refractivity contribution in [1.29, 1.82) is 0 Å². The number of allylic oxidation sites excluding steroid dienone is 3. The molecule has 2 N–H and O–H groups in total. The van der Waals surface area contributed by atoms with Gasteiger partial charge in [-0.25, -0.2) is 9.97 Å². The minimum atomic E-state index is 0.697. The number of benzene rings is 1. The van der Waals surface area contributed by atoms with E-state index in [9.17, 15) is 0 Å². The molecule has 30 heavy (non-hydrogen) atoms. The van der Waals surface area contributed by atoms with Gasteiger partial charge in [0, 0.05) is 55.1 Å². The van der Waals surface area contributed by atoms with Gasteiger partial charge in [0.15, 0.2) is 5.82 Å². The summed E-state index contributed by atoms with van der Waals surface area (Å²) in [5.74, 6) is 0.697. The van der Waals surface area contributed by atoms with Crippen molar-refractivity contribution in [2.24, 2.45) is 7.05 Å². The quantitative estimate of drug-likeness (QED) is 0.539. The van der Waals surface area contributed by atoms with Gasteiger partial charge < -0.3 is 0 Å². The van der Waals surface area contributed by atoms with E-state index >= 15 is 0 Å². The summed E-state index contributed by atoms with van der Waals surface area (Å²) >= 11 is 0. The van der Waals surface area contributed by atoms with Crippen LogP contribution in [0.2, 0.25) is 0 Å². The van der Waals surface area contributed by atoms with Crippen LogP contribution in [0.5, 0.6) is 0 Å². The highest BCUT2D eigenvalue weighted by molar-refractivity contribution is 5.61. The first-order valence-corrected chi connectivity index (χ1v) is 9.57. The summed E-state index contributed by atoms with van der Waals surface area (Å²) in [6.45, 7) is 0. The molecule has 8 nitrogen and oxygen atoms in total. The van der Waals surface area contributed by atoms with Gasteiger partial charge in [-0.1, -0.05) is 18.2 Å². The second-order valence-corrected chi connectivity index (χ2v) is 7.03. The highest BCUT2D eigenvalue weighted by Gasteiger charge is 2.11. The van der Waals surface area contributed by atoms with Crippen LogP contribution >= 0.6 is 0 Å². The average molecular weight is 396 g/mol. The summed E-state index contributed by atoms with van der Waals surface area (Å²) in [6.07, 6.45) is 16.0. The van der Waals surface area contributed by atoms with Crippen LogP contribution in [0.3, 0.4) is 0 Å². The van der Waals surface area contributed by atoms with E-state index in [0.717, 1.165) is 34.6 Å². The summed E-state index contributed by atoms with van der Waals surface area (Å²) in [5.41, 5.74) is 9.47. The average Bonchev–Trinajstić information content (AvgIpc) is 3.46. The van der Waals surface area contributed by atoms with Crippen molar-refractivity contribution in [3.05, 3.63) is 90.9 Å². The van der Waals surface area contributed by atoms with Gasteiger partial charge in [0.2, 0.25) is 0 Å². The van der Waals surface area contributed by atoms with Gasteiger partial charge in [-0.15, -0.1) is 0 Å². The van der Waals surface area contributed by atoms with Crippen molar-refractivity contribution < 1.29 is 0 Å². The number of aromatic nitrogens is 6. The fourth-order valence-corrected chi connectivity index (χ4v) is 3.33. The number of nitrogens with zero attached hydrogens (tertiary/aromatic N) is 6. The zero-order valence-electron chi connectivity index (χ0n) is 16.4. The number of anilines is 1. The maximum Gasteiger partial charge on any atom is 0.159 e. The molecule has 5 rings (SSSR count). The summed E-state index contributed by atoms with van der Waals surface area (Å²) in [5, 5.41) is 13.1. The molecular weight excluding hydrogens is 376 g/mol. The second kappa shape index (κ2) is 7.67. The smallest absolute Gasteiger partial charge is 0.159 e. The largest absolute Gasteiger partial charge is 0.298 e. The Morgan fingerprint density at radius 1 is 1.03 bits per heavy atom. The monoisotopic (exact) mass is 396 g/mol. The number of H-pyrrole nitrogens is 1. The molecule has 1 aliphatic heterocycles. The summed E-state index contributed by atoms with van der Waals surface area (Å²) in [7, 11) is 1.91. The van der Waals surface area contributed by atoms with Crippen LogP contribution in [0.15, 0.2) is 85.4 Å². The number of hydrogen-bond acceptors (Lipinski definition) is 6. The Bertz CT molecular complexity index is 1200. The Morgan fingerprint density at radius 2 is 1.93 bits per heavy atom. The van der Waals surface area contributed by atoms with Crippen molar-refractivity contribution >= 4 is 5.69 Å².